The predicted octanol–water partition coefficient (Wildman–Crippen LogP) is -0.972. The van der Waals surface area contributed by atoms with Gasteiger partial charge in [0.1, 0.15) is 6.04 Å². The zero-order valence-corrected chi connectivity index (χ0v) is 12.0. The molecule has 1 fully saturated rings. The fraction of sp³-hybridized carbons (Fsp3) is 0.818. The summed E-state index contributed by atoms with van der Waals surface area (Å²) in [7, 11) is -3.77. The minimum atomic E-state index is -3.77. The zero-order chi connectivity index (χ0) is 14.5. The smallest absolute Gasteiger partial charge is 0.239 e. The van der Waals surface area contributed by atoms with Crippen LogP contribution < -0.4 is 10.6 Å². The summed E-state index contributed by atoms with van der Waals surface area (Å²) >= 11 is 0. The lowest BCUT2D eigenvalue weighted by atomic mass is 10.2. The summed E-state index contributed by atoms with van der Waals surface area (Å²) in [6, 6.07) is 1.02. The van der Waals surface area contributed by atoms with Crippen molar-refractivity contribution < 1.29 is 13.2 Å². The van der Waals surface area contributed by atoms with Crippen molar-refractivity contribution in [3.05, 3.63) is 0 Å². The van der Waals surface area contributed by atoms with Gasteiger partial charge in [0, 0.05) is 26.2 Å². The molecule has 0 aromatic carbocycles. The highest BCUT2D eigenvalue weighted by Crippen LogP contribution is 2.17. The van der Waals surface area contributed by atoms with Gasteiger partial charge < -0.3 is 10.6 Å². The maximum Gasteiger partial charge on any atom is 0.239 e. The van der Waals surface area contributed by atoms with Gasteiger partial charge in [-0.2, -0.15) is 9.57 Å². The van der Waals surface area contributed by atoms with Gasteiger partial charge in [0.25, 0.3) is 0 Å². The summed E-state index contributed by atoms with van der Waals surface area (Å²) in [6.07, 6.45) is 0.213. The molecule has 2 atom stereocenters. The third-order valence-electron chi connectivity index (χ3n) is 3.05. The molecule has 0 aromatic heterocycles. The minimum absolute atomic E-state index is 0.211. The molecule has 0 spiro atoms. The standard InChI is InChI=1S/C11H20N4O3S/c1-3-9(7-12)19(17,18)15-6-5-13-8-10(15)11(16)14-4-2/h9-10,13H,3-6,8H2,1-2H3,(H,14,16). The molecule has 0 aliphatic carbocycles. The maximum atomic E-state index is 12.4. The van der Waals surface area contributed by atoms with Crippen LogP contribution in [-0.2, 0) is 14.8 Å². The van der Waals surface area contributed by atoms with Gasteiger partial charge >= 0.3 is 0 Å². The van der Waals surface area contributed by atoms with E-state index in [-0.39, 0.29) is 25.4 Å². The van der Waals surface area contributed by atoms with Crippen molar-refractivity contribution in [2.75, 3.05) is 26.2 Å². The summed E-state index contributed by atoms with van der Waals surface area (Å²) < 4.78 is 25.9. The van der Waals surface area contributed by atoms with Gasteiger partial charge in [0.05, 0.1) is 6.07 Å². The molecule has 2 N–H and O–H groups in total. The van der Waals surface area contributed by atoms with Crippen molar-refractivity contribution in [2.45, 2.75) is 31.6 Å². The number of nitrogens with one attached hydrogen (secondary N) is 2. The average Bonchev–Trinajstić information content (AvgIpc) is 2.40. The van der Waals surface area contributed by atoms with E-state index >= 15 is 0 Å². The highest BCUT2D eigenvalue weighted by Gasteiger charge is 2.40. The molecule has 1 aliphatic rings. The lowest BCUT2D eigenvalue weighted by molar-refractivity contribution is -0.125. The van der Waals surface area contributed by atoms with Crippen LogP contribution in [0.2, 0.25) is 0 Å². The molecule has 1 saturated heterocycles. The normalized spacial score (nSPS) is 22.5. The number of nitrogens with zero attached hydrogens (tertiary/aromatic N) is 2. The highest BCUT2D eigenvalue weighted by atomic mass is 32.2. The Morgan fingerprint density at radius 2 is 2.26 bits per heavy atom. The number of sulfonamides is 1. The topological polar surface area (TPSA) is 102 Å². The van der Waals surface area contributed by atoms with Crippen LogP contribution in [0.3, 0.4) is 0 Å². The number of carbonyl (C=O) groups is 1. The van der Waals surface area contributed by atoms with Crippen molar-refractivity contribution >= 4 is 15.9 Å². The van der Waals surface area contributed by atoms with Gasteiger partial charge in [-0.1, -0.05) is 6.92 Å². The van der Waals surface area contributed by atoms with E-state index in [9.17, 15) is 13.2 Å². The number of nitriles is 1. The molecule has 0 radical (unpaired) electrons. The molecular formula is C11H20N4O3S. The molecule has 19 heavy (non-hydrogen) atoms. The van der Waals surface area contributed by atoms with E-state index < -0.39 is 21.3 Å². The Balaban J connectivity index is 3.00. The van der Waals surface area contributed by atoms with E-state index in [0.717, 1.165) is 4.31 Å². The Labute approximate surface area is 114 Å². The second-order valence-corrected chi connectivity index (χ2v) is 6.36. The number of carbonyl (C=O) groups excluding carboxylic acids is 1. The summed E-state index contributed by atoms with van der Waals surface area (Å²) in [6.45, 7) is 4.83. The molecule has 0 bridgehead atoms. The van der Waals surface area contributed by atoms with Gasteiger partial charge in [0.15, 0.2) is 5.25 Å². The molecule has 7 nitrogen and oxygen atoms in total. The lowest BCUT2D eigenvalue weighted by Crippen LogP contribution is -2.60. The van der Waals surface area contributed by atoms with E-state index in [0.29, 0.717) is 13.1 Å². The zero-order valence-electron chi connectivity index (χ0n) is 11.2. The molecule has 1 aliphatic heterocycles. The second kappa shape index (κ2) is 6.84. The molecule has 1 rings (SSSR count). The Kier molecular flexibility index (Phi) is 5.72. The van der Waals surface area contributed by atoms with Crippen LogP contribution in [0, 0.1) is 11.3 Å². The van der Waals surface area contributed by atoms with E-state index in [2.05, 4.69) is 10.6 Å². The first kappa shape index (κ1) is 15.9. The number of piperazine rings is 1. The molecule has 0 saturated carbocycles. The van der Waals surface area contributed by atoms with Gasteiger partial charge in [-0.25, -0.2) is 8.42 Å². The summed E-state index contributed by atoms with van der Waals surface area (Å²) in [4.78, 5) is 11.9. The van der Waals surface area contributed by atoms with Gasteiger partial charge in [-0.15, -0.1) is 0 Å². The first-order chi connectivity index (χ1) is 8.98. The van der Waals surface area contributed by atoms with Crippen LogP contribution in [0.1, 0.15) is 20.3 Å². The lowest BCUT2D eigenvalue weighted by Gasteiger charge is -2.35. The SMILES string of the molecule is CCNC(=O)C1CNCCN1S(=O)(=O)C(C#N)CC. The first-order valence-electron chi connectivity index (χ1n) is 6.37. The Bertz CT molecular complexity index is 457. The van der Waals surface area contributed by atoms with Gasteiger partial charge in [-0.05, 0) is 13.3 Å². The molecule has 1 amide bonds. The van der Waals surface area contributed by atoms with Crippen molar-refractivity contribution in [3.8, 4) is 6.07 Å². The molecule has 8 heteroatoms. The van der Waals surface area contributed by atoms with E-state index in [4.69, 9.17) is 5.26 Å². The van der Waals surface area contributed by atoms with E-state index in [1.165, 1.54) is 0 Å². The van der Waals surface area contributed by atoms with E-state index in [1.807, 2.05) is 0 Å². The fourth-order valence-corrected chi connectivity index (χ4v) is 3.79. The third kappa shape index (κ3) is 3.43. The molecule has 0 aromatic rings. The fourth-order valence-electron chi connectivity index (χ4n) is 2.04. The highest BCUT2D eigenvalue weighted by molar-refractivity contribution is 7.90. The van der Waals surface area contributed by atoms with Crippen molar-refractivity contribution in [1.29, 1.82) is 5.26 Å². The predicted molar refractivity (Wildman–Crippen MR) is 70.7 cm³/mol. The van der Waals surface area contributed by atoms with Crippen LogP contribution in [-0.4, -0.2) is 56.1 Å². The molecule has 108 valence electrons. The largest absolute Gasteiger partial charge is 0.355 e. The van der Waals surface area contributed by atoms with Crippen LogP contribution in [0.5, 0.6) is 0 Å². The van der Waals surface area contributed by atoms with E-state index in [1.54, 1.807) is 19.9 Å². The molecule has 2 unspecified atom stereocenters. The maximum absolute atomic E-state index is 12.4. The summed E-state index contributed by atoms with van der Waals surface area (Å²) in [5.41, 5.74) is 0. The molecule has 1 heterocycles. The monoisotopic (exact) mass is 288 g/mol. The van der Waals surface area contributed by atoms with Crippen LogP contribution in [0.15, 0.2) is 0 Å². The molecular weight excluding hydrogens is 268 g/mol. The van der Waals surface area contributed by atoms with Crippen molar-refractivity contribution in [1.82, 2.24) is 14.9 Å². The number of likely N-dealkylation sites (N-methyl/N-ethyl adjacent to an activating group) is 1. The second-order valence-electron chi connectivity index (χ2n) is 4.30. The average molecular weight is 288 g/mol. The quantitative estimate of drug-likeness (QED) is 0.677. The van der Waals surface area contributed by atoms with Crippen molar-refractivity contribution in [3.63, 3.8) is 0 Å². The Morgan fingerprint density at radius 3 is 2.79 bits per heavy atom. The van der Waals surface area contributed by atoms with Crippen LogP contribution in [0.25, 0.3) is 0 Å². The van der Waals surface area contributed by atoms with Gasteiger partial charge in [0.2, 0.25) is 15.9 Å². The van der Waals surface area contributed by atoms with Gasteiger partial charge in [-0.3, -0.25) is 4.79 Å². The summed E-state index contributed by atoms with van der Waals surface area (Å²) in [5, 5.41) is 13.5. The number of amides is 1. The Hall–Kier alpha value is -1.17. The minimum Gasteiger partial charge on any atom is -0.355 e. The first-order valence-corrected chi connectivity index (χ1v) is 7.88. The third-order valence-corrected chi connectivity index (χ3v) is 5.30. The number of hydrogen-bond acceptors (Lipinski definition) is 5. The van der Waals surface area contributed by atoms with Crippen molar-refractivity contribution in [2.24, 2.45) is 0 Å². The summed E-state index contributed by atoms with van der Waals surface area (Å²) in [5.74, 6) is -0.328. The number of rotatable bonds is 5. The number of hydrogen-bond donors (Lipinski definition) is 2. The van der Waals surface area contributed by atoms with Crippen LogP contribution >= 0.6 is 0 Å². The Morgan fingerprint density at radius 1 is 1.58 bits per heavy atom. The van der Waals surface area contributed by atoms with Crippen LogP contribution in [0.4, 0.5) is 0 Å².